The smallest absolute Gasteiger partial charge is 0.0600 e. The van der Waals surface area contributed by atoms with Crippen LogP contribution < -0.4 is 5.73 Å². The van der Waals surface area contributed by atoms with Crippen LogP contribution in [-0.4, -0.2) is 43.3 Å². The zero-order valence-electron chi connectivity index (χ0n) is 11.3. The lowest BCUT2D eigenvalue weighted by Crippen LogP contribution is -2.43. The van der Waals surface area contributed by atoms with Gasteiger partial charge in [0.05, 0.1) is 12.2 Å². The summed E-state index contributed by atoms with van der Waals surface area (Å²) in [5.41, 5.74) is 5.74. The third kappa shape index (κ3) is 4.81. The van der Waals surface area contributed by atoms with Gasteiger partial charge in [-0.25, -0.2) is 0 Å². The first-order valence-corrected chi connectivity index (χ1v) is 6.49. The van der Waals surface area contributed by atoms with Crippen molar-refractivity contribution in [3.8, 4) is 0 Å². The van der Waals surface area contributed by atoms with E-state index in [1.807, 2.05) is 0 Å². The Bertz CT molecular complexity index is 201. The Kier molecular flexibility index (Phi) is 5.22. The number of hydrogen-bond acceptors (Lipinski definition) is 3. The van der Waals surface area contributed by atoms with E-state index in [4.69, 9.17) is 10.5 Å². The topological polar surface area (TPSA) is 38.5 Å². The molecule has 2 N–H and O–H groups in total. The van der Waals surface area contributed by atoms with Crippen molar-refractivity contribution in [1.82, 2.24) is 4.90 Å². The van der Waals surface area contributed by atoms with E-state index < -0.39 is 0 Å². The van der Waals surface area contributed by atoms with Gasteiger partial charge in [-0.15, -0.1) is 0 Å². The Labute approximate surface area is 100 Å². The molecule has 2 unspecified atom stereocenters. The Morgan fingerprint density at radius 2 is 2.06 bits per heavy atom. The SMILES string of the molecule is CC1CN(CCOC(C)(C)C)CCC1CN. The number of hydrogen-bond donors (Lipinski definition) is 1. The molecule has 0 aromatic heterocycles. The lowest BCUT2D eigenvalue weighted by molar-refractivity contribution is -0.0191. The largest absolute Gasteiger partial charge is 0.375 e. The highest BCUT2D eigenvalue weighted by atomic mass is 16.5. The van der Waals surface area contributed by atoms with Gasteiger partial charge in [0.25, 0.3) is 0 Å². The van der Waals surface area contributed by atoms with E-state index in [1.54, 1.807) is 0 Å². The van der Waals surface area contributed by atoms with Gasteiger partial charge in [-0.05, 0) is 52.1 Å². The number of nitrogens with two attached hydrogens (primary N) is 1. The zero-order valence-corrected chi connectivity index (χ0v) is 11.3. The fourth-order valence-corrected chi connectivity index (χ4v) is 2.31. The average Bonchev–Trinajstić information content (AvgIpc) is 2.16. The Hall–Kier alpha value is -0.120. The second-order valence-corrected chi connectivity index (χ2v) is 6.02. The van der Waals surface area contributed by atoms with Crippen LogP contribution in [0.3, 0.4) is 0 Å². The molecule has 0 radical (unpaired) electrons. The van der Waals surface area contributed by atoms with Crippen molar-refractivity contribution in [3.05, 3.63) is 0 Å². The van der Waals surface area contributed by atoms with Crippen molar-refractivity contribution >= 4 is 0 Å². The van der Waals surface area contributed by atoms with Gasteiger partial charge in [-0.3, -0.25) is 0 Å². The molecule has 1 aliphatic heterocycles. The van der Waals surface area contributed by atoms with E-state index in [0.717, 1.165) is 31.5 Å². The third-order valence-corrected chi connectivity index (χ3v) is 3.41. The number of piperidine rings is 1. The van der Waals surface area contributed by atoms with Crippen LogP contribution in [0.1, 0.15) is 34.1 Å². The van der Waals surface area contributed by atoms with Crippen molar-refractivity contribution < 1.29 is 4.74 Å². The van der Waals surface area contributed by atoms with E-state index in [9.17, 15) is 0 Å². The maximum Gasteiger partial charge on any atom is 0.0600 e. The van der Waals surface area contributed by atoms with E-state index in [-0.39, 0.29) is 5.60 Å². The minimum atomic E-state index is -0.0127. The lowest BCUT2D eigenvalue weighted by atomic mass is 9.87. The van der Waals surface area contributed by atoms with Gasteiger partial charge in [0.1, 0.15) is 0 Å². The maximum absolute atomic E-state index is 5.75. The normalized spacial score (nSPS) is 28.3. The van der Waals surface area contributed by atoms with E-state index >= 15 is 0 Å². The van der Waals surface area contributed by atoms with Gasteiger partial charge in [-0.1, -0.05) is 6.92 Å². The van der Waals surface area contributed by atoms with Crippen LogP contribution in [0.25, 0.3) is 0 Å². The predicted molar refractivity (Wildman–Crippen MR) is 68.5 cm³/mol. The van der Waals surface area contributed by atoms with Crippen LogP contribution in [0, 0.1) is 11.8 Å². The zero-order chi connectivity index (χ0) is 12.2. The highest BCUT2D eigenvalue weighted by molar-refractivity contribution is 4.78. The van der Waals surface area contributed by atoms with Crippen molar-refractivity contribution in [2.45, 2.75) is 39.7 Å². The summed E-state index contributed by atoms with van der Waals surface area (Å²) < 4.78 is 5.75. The number of nitrogens with zero attached hydrogens (tertiary/aromatic N) is 1. The molecule has 1 fully saturated rings. The van der Waals surface area contributed by atoms with Crippen LogP contribution in [0.4, 0.5) is 0 Å². The number of ether oxygens (including phenoxy) is 1. The van der Waals surface area contributed by atoms with Crippen LogP contribution in [0.2, 0.25) is 0 Å². The summed E-state index contributed by atoms with van der Waals surface area (Å²) in [6.45, 7) is 13.7. The summed E-state index contributed by atoms with van der Waals surface area (Å²) in [6.07, 6.45) is 1.24. The minimum Gasteiger partial charge on any atom is -0.375 e. The second-order valence-electron chi connectivity index (χ2n) is 6.02. The van der Waals surface area contributed by atoms with Crippen LogP contribution in [-0.2, 0) is 4.74 Å². The Balaban J connectivity index is 2.20. The van der Waals surface area contributed by atoms with Gasteiger partial charge in [0, 0.05) is 13.1 Å². The molecule has 0 saturated carbocycles. The van der Waals surface area contributed by atoms with Gasteiger partial charge in [0.15, 0.2) is 0 Å². The first-order valence-electron chi connectivity index (χ1n) is 6.49. The molecule has 1 rings (SSSR count). The standard InChI is InChI=1S/C13H28N2O/c1-11-10-15(6-5-12(11)9-14)7-8-16-13(2,3)4/h11-12H,5-10,14H2,1-4H3. The highest BCUT2D eigenvalue weighted by Crippen LogP contribution is 2.21. The first kappa shape index (κ1) is 13.9. The van der Waals surface area contributed by atoms with E-state index in [0.29, 0.717) is 0 Å². The van der Waals surface area contributed by atoms with Crippen LogP contribution in [0.15, 0.2) is 0 Å². The van der Waals surface area contributed by atoms with Crippen molar-refractivity contribution in [2.75, 3.05) is 32.8 Å². The molecule has 1 aliphatic rings. The molecular formula is C13H28N2O. The van der Waals surface area contributed by atoms with Gasteiger partial charge >= 0.3 is 0 Å². The van der Waals surface area contributed by atoms with Crippen molar-refractivity contribution in [2.24, 2.45) is 17.6 Å². The van der Waals surface area contributed by atoms with Crippen molar-refractivity contribution in [3.63, 3.8) is 0 Å². The predicted octanol–water partition coefficient (Wildman–Crippen LogP) is 1.72. The molecule has 16 heavy (non-hydrogen) atoms. The summed E-state index contributed by atoms with van der Waals surface area (Å²) in [5.74, 6) is 1.45. The summed E-state index contributed by atoms with van der Waals surface area (Å²) in [4.78, 5) is 2.50. The summed E-state index contributed by atoms with van der Waals surface area (Å²) in [6, 6.07) is 0. The molecule has 0 aromatic rings. The van der Waals surface area contributed by atoms with Crippen molar-refractivity contribution in [1.29, 1.82) is 0 Å². The summed E-state index contributed by atoms with van der Waals surface area (Å²) in [7, 11) is 0. The quantitative estimate of drug-likeness (QED) is 0.796. The van der Waals surface area contributed by atoms with Gasteiger partial charge in [-0.2, -0.15) is 0 Å². The average molecular weight is 228 g/mol. The molecule has 1 heterocycles. The molecule has 0 spiro atoms. The Morgan fingerprint density at radius 3 is 2.56 bits per heavy atom. The first-order chi connectivity index (χ1) is 7.42. The lowest BCUT2D eigenvalue weighted by Gasteiger charge is -2.36. The monoisotopic (exact) mass is 228 g/mol. The maximum atomic E-state index is 5.75. The molecule has 96 valence electrons. The molecule has 0 aliphatic carbocycles. The van der Waals surface area contributed by atoms with Crippen LogP contribution in [0.5, 0.6) is 0 Å². The van der Waals surface area contributed by atoms with E-state index in [1.165, 1.54) is 19.5 Å². The fourth-order valence-electron chi connectivity index (χ4n) is 2.31. The molecule has 2 atom stereocenters. The molecule has 1 saturated heterocycles. The Morgan fingerprint density at radius 1 is 1.38 bits per heavy atom. The molecule has 3 heteroatoms. The molecular weight excluding hydrogens is 200 g/mol. The highest BCUT2D eigenvalue weighted by Gasteiger charge is 2.24. The molecule has 3 nitrogen and oxygen atoms in total. The minimum absolute atomic E-state index is 0.0127. The fraction of sp³-hybridized carbons (Fsp3) is 1.00. The van der Waals surface area contributed by atoms with Crippen LogP contribution >= 0.6 is 0 Å². The molecule has 0 aromatic carbocycles. The molecule has 0 bridgehead atoms. The van der Waals surface area contributed by atoms with E-state index in [2.05, 4.69) is 32.6 Å². The van der Waals surface area contributed by atoms with Gasteiger partial charge in [0.2, 0.25) is 0 Å². The second kappa shape index (κ2) is 5.99. The van der Waals surface area contributed by atoms with Gasteiger partial charge < -0.3 is 15.4 Å². The molecule has 0 amide bonds. The number of rotatable bonds is 4. The third-order valence-electron chi connectivity index (χ3n) is 3.41. The number of likely N-dealkylation sites (tertiary alicyclic amines) is 1. The summed E-state index contributed by atoms with van der Waals surface area (Å²) >= 11 is 0. The summed E-state index contributed by atoms with van der Waals surface area (Å²) in [5, 5.41) is 0.